The number of aromatic nitrogens is 3. The Morgan fingerprint density at radius 1 is 1.24 bits per heavy atom. The molecule has 3 aromatic rings. The second-order valence-corrected chi connectivity index (χ2v) is 9.66. The van der Waals surface area contributed by atoms with Crippen molar-refractivity contribution in [1.82, 2.24) is 14.8 Å². The molecule has 1 saturated carbocycles. The molecule has 1 aliphatic carbocycles. The summed E-state index contributed by atoms with van der Waals surface area (Å²) < 4.78 is 7.95. The van der Waals surface area contributed by atoms with E-state index in [1.165, 1.54) is 11.8 Å². The van der Waals surface area contributed by atoms with Gasteiger partial charge in [0.1, 0.15) is 12.4 Å². The maximum Gasteiger partial charge on any atom is 0.237 e. The minimum atomic E-state index is -0.0653. The monoisotopic (exact) mass is 495 g/mol. The van der Waals surface area contributed by atoms with Gasteiger partial charge in [0, 0.05) is 18.3 Å². The van der Waals surface area contributed by atoms with Gasteiger partial charge in [-0.1, -0.05) is 41.6 Å². The van der Waals surface area contributed by atoms with E-state index in [0.29, 0.717) is 34.3 Å². The number of rotatable bonds is 10. The average molecular weight is 496 g/mol. The zero-order valence-corrected chi connectivity index (χ0v) is 20.8. The normalized spacial score (nSPS) is 12.9. The number of carbonyl (C=O) groups excluding carboxylic acids is 1. The predicted molar refractivity (Wildman–Crippen MR) is 133 cm³/mol. The first-order chi connectivity index (χ1) is 16.5. The van der Waals surface area contributed by atoms with Crippen molar-refractivity contribution >= 4 is 35.0 Å². The topological polar surface area (TPSA) is 84.0 Å². The number of benzene rings is 2. The van der Waals surface area contributed by atoms with E-state index in [2.05, 4.69) is 26.9 Å². The Balaban J connectivity index is 1.47. The van der Waals surface area contributed by atoms with Crippen LogP contribution in [0.15, 0.2) is 47.6 Å². The zero-order chi connectivity index (χ0) is 24.1. The number of hydrogen-bond donors (Lipinski definition) is 0. The first-order valence-electron chi connectivity index (χ1n) is 11.2. The van der Waals surface area contributed by atoms with E-state index in [4.69, 9.17) is 21.6 Å². The summed E-state index contributed by atoms with van der Waals surface area (Å²) in [4.78, 5) is 14.9. The Morgan fingerprint density at radius 3 is 2.65 bits per heavy atom. The molecule has 4 rings (SSSR count). The molecular weight excluding hydrogens is 470 g/mol. The van der Waals surface area contributed by atoms with Crippen LogP contribution in [0.1, 0.15) is 42.3 Å². The maximum absolute atomic E-state index is 13.2. The molecule has 0 atom stereocenters. The van der Waals surface area contributed by atoms with Crippen LogP contribution >= 0.6 is 23.4 Å². The van der Waals surface area contributed by atoms with Gasteiger partial charge in [0.25, 0.3) is 0 Å². The smallest absolute Gasteiger partial charge is 0.237 e. The summed E-state index contributed by atoms with van der Waals surface area (Å²) in [5.74, 6) is 1.45. The van der Waals surface area contributed by atoms with Crippen molar-refractivity contribution in [2.45, 2.75) is 50.9 Å². The summed E-state index contributed by atoms with van der Waals surface area (Å²) in [5, 5.41) is 19.0. The number of amides is 1. The molecule has 9 heteroatoms. The predicted octanol–water partition coefficient (Wildman–Crippen LogP) is 5.50. The third-order valence-corrected chi connectivity index (χ3v) is 6.67. The van der Waals surface area contributed by atoms with Crippen molar-refractivity contribution in [3.63, 3.8) is 0 Å². The molecule has 0 spiro atoms. The molecule has 0 radical (unpaired) electrons. The van der Waals surface area contributed by atoms with Gasteiger partial charge in [-0.05, 0) is 62.1 Å². The molecule has 0 unspecified atom stereocenters. The summed E-state index contributed by atoms with van der Waals surface area (Å²) in [6, 6.07) is 15.8. The van der Waals surface area contributed by atoms with E-state index in [1.807, 2.05) is 44.2 Å². The van der Waals surface area contributed by atoms with E-state index >= 15 is 0 Å². The van der Waals surface area contributed by atoms with E-state index in [0.717, 1.165) is 29.7 Å². The first kappa shape index (κ1) is 24.1. The highest BCUT2D eigenvalue weighted by atomic mass is 35.5. The van der Waals surface area contributed by atoms with E-state index in [9.17, 15) is 4.79 Å². The molecule has 2 aromatic carbocycles. The van der Waals surface area contributed by atoms with Crippen molar-refractivity contribution in [1.29, 1.82) is 5.26 Å². The average Bonchev–Trinajstić information content (AvgIpc) is 3.56. The SMILES string of the molecule is Cc1cc(C)cc(N(CCC#N)C(=O)CSc2nnc(COc3ccccc3Cl)n2C2CC2)c1. The minimum Gasteiger partial charge on any atom is -0.484 e. The van der Waals surface area contributed by atoms with Crippen LogP contribution < -0.4 is 9.64 Å². The molecule has 1 aliphatic rings. The van der Waals surface area contributed by atoms with Gasteiger partial charge in [-0.15, -0.1) is 10.2 Å². The summed E-state index contributed by atoms with van der Waals surface area (Å²) >= 11 is 7.56. The fourth-order valence-electron chi connectivity index (χ4n) is 3.78. The molecule has 1 fully saturated rings. The number of halogens is 1. The molecule has 0 N–H and O–H groups in total. The van der Waals surface area contributed by atoms with Crippen LogP contribution in [0.5, 0.6) is 5.75 Å². The summed E-state index contributed by atoms with van der Waals surface area (Å²) in [6.45, 7) is 4.61. The second kappa shape index (κ2) is 10.9. The number of aryl methyl sites for hydroxylation is 2. The molecular formula is C25H26ClN5O2S. The van der Waals surface area contributed by atoms with Crippen molar-refractivity contribution in [2.24, 2.45) is 0 Å². The van der Waals surface area contributed by atoms with Gasteiger partial charge in [0.2, 0.25) is 5.91 Å². The van der Waals surface area contributed by atoms with Crippen LogP contribution in [-0.2, 0) is 11.4 Å². The van der Waals surface area contributed by atoms with Gasteiger partial charge < -0.3 is 9.64 Å². The number of anilines is 1. The van der Waals surface area contributed by atoms with Gasteiger partial charge in [0.15, 0.2) is 11.0 Å². The quantitative estimate of drug-likeness (QED) is 0.345. The fourth-order valence-corrected chi connectivity index (χ4v) is 4.87. The summed E-state index contributed by atoms with van der Waals surface area (Å²) in [7, 11) is 0. The minimum absolute atomic E-state index is 0.0653. The highest BCUT2D eigenvalue weighted by Gasteiger charge is 2.30. The number of hydrogen-bond acceptors (Lipinski definition) is 6. The Kier molecular flexibility index (Phi) is 7.76. The van der Waals surface area contributed by atoms with Gasteiger partial charge >= 0.3 is 0 Å². The molecule has 0 bridgehead atoms. The number of nitrogens with zero attached hydrogens (tertiary/aromatic N) is 5. The number of nitriles is 1. The van der Waals surface area contributed by atoms with Crippen molar-refractivity contribution in [2.75, 3.05) is 17.2 Å². The Labute approximate surface area is 208 Å². The lowest BCUT2D eigenvalue weighted by Gasteiger charge is -2.22. The summed E-state index contributed by atoms with van der Waals surface area (Å²) in [6.07, 6.45) is 2.37. The molecule has 34 heavy (non-hydrogen) atoms. The largest absolute Gasteiger partial charge is 0.484 e. The molecule has 1 amide bonds. The van der Waals surface area contributed by atoms with Gasteiger partial charge in [-0.2, -0.15) is 5.26 Å². The van der Waals surface area contributed by atoms with E-state index < -0.39 is 0 Å². The molecule has 7 nitrogen and oxygen atoms in total. The van der Waals surface area contributed by atoms with E-state index in [-0.39, 0.29) is 24.7 Å². The Bertz CT molecular complexity index is 1200. The molecule has 0 aliphatic heterocycles. The van der Waals surface area contributed by atoms with Gasteiger partial charge in [-0.25, -0.2) is 0 Å². The number of ether oxygens (including phenoxy) is 1. The van der Waals surface area contributed by atoms with E-state index in [1.54, 1.807) is 11.0 Å². The molecule has 0 saturated heterocycles. The van der Waals surface area contributed by atoms with Crippen LogP contribution in [0.3, 0.4) is 0 Å². The molecule has 1 heterocycles. The second-order valence-electron chi connectivity index (χ2n) is 8.31. The molecule has 1 aromatic heterocycles. The highest BCUT2D eigenvalue weighted by molar-refractivity contribution is 7.99. The third kappa shape index (κ3) is 5.91. The summed E-state index contributed by atoms with van der Waals surface area (Å²) in [5.41, 5.74) is 2.97. The zero-order valence-electron chi connectivity index (χ0n) is 19.2. The lowest BCUT2D eigenvalue weighted by atomic mass is 10.1. The standard InChI is InChI=1S/C25H26ClN5O2S/c1-17-12-18(2)14-20(13-17)30(11-5-10-27)24(32)16-34-25-29-28-23(31(25)19-8-9-19)15-33-22-7-4-3-6-21(22)26/h3-4,6-7,12-14,19H,5,8-9,11,15-16H2,1-2H3. The maximum atomic E-state index is 13.2. The van der Waals surface area contributed by atoms with Crippen LogP contribution in [-0.4, -0.2) is 33.0 Å². The number of thioether (sulfide) groups is 1. The van der Waals surface area contributed by atoms with Crippen molar-refractivity contribution < 1.29 is 9.53 Å². The number of carbonyl (C=O) groups is 1. The van der Waals surface area contributed by atoms with Crippen molar-refractivity contribution in [3.8, 4) is 11.8 Å². The third-order valence-electron chi connectivity index (χ3n) is 5.43. The number of para-hydroxylation sites is 1. The van der Waals surface area contributed by atoms with Gasteiger partial charge in [-0.3, -0.25) is 9.36 Å². The van der Waals surface area contributed by atoms with Crippen molar-refractivity contribution in [3.05, 3.63) is 64.4 Å². The van der Waals surface area contributed by atoms with Crippen LogP contribution in [0, 0.1) is 25.2 Å². The lowest BCUT2D eigenvalue weighted by molar-refractivity contribution is -0.116. The van der Waals surface area contributed by atoms with Crippen LogP contribution in [0.25, 0.3) is 0 Å². The lowest BCUT2D eigenvalue weighted by Crippen LogP contribution is -2.33. The Morgan fingerprint density at radius 2 is 1.97 bits per heavy atom. The highest BCUT2D eigenvalue weighted by Crippen LogP contribution is 2.39. The van der Waals surface area contributed by atoms with Crippen LogP contribution in [0.4, 0.5) is 5.69 Å². The van der Waals surface area contributed by atoms with Gasteiger partial charge in [0.05, 0.1) is 23.3 Å². The first-order valence-corrected chi connectivity index (χ1v) is 12.5. The van der Waals surface area contributed by atoms with Crippen LogP contribution in [0.2, 0.25) is 5.02 Å². The fraction of sp³-hybridized carbons (Fsp3) is 0.360. The Hall–Kier alpha value is -3.02. The molecule has 176 valence electrons.